The quantitative estimate of drug-likeness (QED) is 0.751. The summed E-state index contributed by atoms with van der Waals surface area (Å²) in [6.45, 7) is 0.696. The highest BCUT2D eigenvalue weighted by molar-refractivity contribution is 7.89. The van der Waals surface area contributed by atoms with E-state index in [0.717, 1.165) is 29.6 Å². The van der Waals surface area contributed by atoms with Crippen LogP contribution in [0, 0.1) is 5.82 Å². The molecule has 0 bridgehead atoms. The minimum absolute atomic E-state index is 0.0801. The topological polar surface area (TPSA) is 70.2 Å². The fourth-order valence-electron chi connectivity index (χ4n) is 3.62. The molecule has 2 aromatic carbocycles. The molecular formula is C20H19FN2O3S. The van der Waals surface area contributed by atoms with Crippen LogP contribution in [-0.2, 0) is 10.0 Å². The predicted octanol–water partition coefficient (Wildman–Crippen LogP) is 3.24. The lowest BCUT2D eigenvalue weighted by Gasteiger charge is -2.32. The second-order valence-corrected chi connectivity index (χ2v) is 8.74. The maximum absolute atomic E-state index is 13.1. The summed E-state index contributed by atoms with van der Waals surface area (Å²) in [4.78, 5) is 15.3. The minimum atomic E-state index is -3.70. The van der Waals surface area contributed by atoms with Crippen LogP contribution in [0.1, 0.15) is 24.5 Å². The average molecular weight is 386 g/mol. The summed E-state index contributed by atoms with van der Waals surface area (Å²) in [5, 5.41) is 1.46. The lowest BCUT2D eigenvalue weighted by Crippen LogP contribution is -2.39. The van der Waals surface area contributed by atoms with Crippen LogP contribution in [-0.4, -0.2) is 30.8 Å². The van der Waals surface area contributed by atoms with Gasteiger partial charge < -0.3 is 4.98 Å². The molecule has 1 aromatic heterocycles. The molecule has 0 unspecified atom stereocenters. The number of aromatic nitrogens is 1. The van der Waals surface area contributed by atoms with E-state index in [-0.39, 0.29) is 22.9 Å². The number of rotatable bonds is 3. The van der Waals surface area contributed by atoms with E-state index in [1.807, 2.05) is 24.3 Å². The van der Waals surface area contributed by atoms with Crippen molar-refractivity contribution in [3.05, 3.63) is 76.5 Å². The first-order valence-electron chi connectivity index (χ1n) is 8.83. The minimum Gasteiger partial charge on any atom is -0.325 e. The van der Waals surface area contributed by atoms with Crippen molar-refractivity contribution in [2.45, 2.75) is 23.7 Å². The summed E-state index contributed by atoms with van der Waals surface area (Å²) in [5.41, 5.74) is 0.583. The lowest BCUT2D eigenvalue weighted by atomic mass is 9.94. The van der Waals surface area contributed by atoms with E-state index >= 15 is 0 Å². The molecule has 7 heteroatoms. The van der Waals surface area contributed by atoms with Crippen LogP contribution in [0.25, 0.3) is 10.8 Å². The number of benzene rings is 2. The van der Waals surface area contributed by atoms with E-state index in [9.17, 15) is 17.6 Å². The Bertz CT molecular complexity index is 1140. The Hall–Kier alpha value is -2.51. The molecule has 0 radical (unpaired) electrons. The third-order valence-electron chi connectivity index (χ3n) is 5.05. The number of piperidine rings is 1. The lowest BCUT2D eigenvalue weighted by molar-refractivity contribution is 0.312. The van der Waals surface area contributed by atoms with Crippen LogP contribution >= 0.6 is 0 Å². The number of fused-ring (bicyclic) bond motifs is 1. The molecule has 27 heavy (non-hydrogen) atoms. The van der Waals surface area contributed by atoms with E-state index in [1.165, 1.54) is 16.4 Å². The molecule has 1 atom stereocenters. The SMILES string of the molecule is O=c1[nH]c([C@H]2CCCN(S(=O)(=O)c3ccc(F)cc3)C2)cc2ccccc12. The van der Waals surface area contributed by atoms with Gasteiger partial charge in [0.05, 0.1) is 4.90 Å². The number of nitrogens with one attached hydrogen (secondary N) is 1. The van der Waals surface area contributed by atoms with Crippen LogP contribution < -0.4 is 5.56 Å². The fraction of sp³-hybridized carbons (Fsp3) is 0.250. The molecule has 1 saturated heterocycles. The second-order valence-electron chi connectivity index (χ2n) is 6.80. The summed E-state index contributed by atoms with van der Waals surface area (Å²) in [6, 6.07) is 14.1. The summed E-state index contributed by atoms with van der Waals surface area (Å²) in [6.07, 6.45) is 1.49. The highest BCUT2D eigenvalue weighted by Gasteiger charge is 2.31. The molecule has 140 valence electrons. The van der Waals surface area contributed by atoms with Gasteiger partial charge in [0.15, 0.2) is 0 Å². The molecular weight excluding hydrogens is 367 g/mol. The molecule has 5 nitrogen and oxygen atoms in total. The number of sulfonamides is 1. The zero-order valence-corrected chi connectivity index (χ0v) is 15.4. The number of pyridine rings is 1. The third kappa shape index (κ3) is 3.40. The van der Waals surface area contributed by atoms with Crippen LogP contribution in [0.2, 0.25) is 0 Å². The molecule has 4 rings (SSSR count). The van der Waals surface area contributed by atoms with Crippen LogP contribution in [0.5, 0.6) is 0 Å². The molecule has 0 spiro atoms. The zero-order valence-electron chi connectivity index (χ0n) is 14.6. The van der Waals surface area contributed by atoms with Crippen molar-refractivity contribution >= 4 is 20.8 Å². The van der Waals surface area contributed by atoms with E-state index in [1.54, 1.807) is 6.07 Å². The van der Waals surface area contributed by atoms with E-state index in [0.29, 0.717) is 18.4 Å². The number of halogens is 1. The zero-order chi connectivity index (χ0) is 19.0. The molecule has 0 aliphatic carbocycles. The summed E-state index contributed by atoms with van der Waals surface area (Å²) >= 11 is 0. The first-order chi connectivity index (χ1) is 12.9. The van der Waals surface area contributed by atoms with Gasteiger partial charge in [0.1, 0.15) is 5.82 Å². The Morgan fingerprint density at radius 1 is 1.07 bits per heavy atom. The fourth-order valence-corrected chi connectivity index (χ4v) is 5.15. The van der Waals surface area contributed by atoms with Crippen molar-refractivity contribution in [1.29, 1.82) is 0 Å². The van der Waals surface area contributed by atoms with Crippen molar-refractivity contribution in [3.8, 4) is 0 Å². The van der Waals surface area contributed by atoms with Gasteiger partial charge in [-0.05, 0) is 54.6 Å². The Morgan fingerprint density at radius 2 is 1.81 bits per heavy atom. The normalized spacial score (nSPS) is 18.6. The monoisotopic (exact) mass is 386 g/mol. The smallest absolute Gasteiger partial charge is 0.256 e. The van der Waals surface area contributed by atoms with Crippen molar-refractivity contribution in [1.82, 2.24) is 9.29 Å². The van der Waals surface area contributed by atoms with Crippen molar-refractivity contribution in [3.63, 3.8) is 0 Å². The van der Waals surface area contributed by atoms with Gasteiger partial charge in [0.2, 0.25) is 10.0 Å². The van der Waals surface area contributed by atoms with E-state index < -0.39 is 15.8 Å². The first kappa shape index (κ1) is 17.9. The number of H-pyrrole nitrogens is 1. The van der Waals surface area contributed by atoms with E-state index in [2.05, 4.69) is 4.98 Å². The Kier molecular flexibility index (Phi) is 4.57. The van der Waals surface area contributed by atoms with Gasteiger partial charge in [-0.2, -0.15) is 4.31 Å². The van der Waals surface area contributed by atoms with Gasteiger partial charge >= 0.3 is 0 Å². The molecule has 0 amide bonds. The molecule has 1 fully saturated rings. The van der Waals surface area contributed by atoms with Crippen LogP contribution in [0.3, 0.4) is 0 Å². The maximum Gasteiger partial charge on any atom is 0.256 e. The predicted molar refractivity (Wildman–Crippen MR) is 102 cm³/mol. The van der Waals surface area contributed by atoms with Gasteiger partial charge in [-0.3, -0.25) is 4.79 Å². The highest BCUT2D eigenvalue weighted by Crippen LogP contribution is 2.30. The standard InChI is InChI=1S/C20H19FN2O3S/c21-16-7-9-17(10-8-16)27(25,26)23-11-3-5-15(13-23)19-12-14-4-1-2-6-18(14)20(24)22-19/h1-2,4,6-10,12,15H,3,5,11,13H2,(H,22,24)/t15-/m0/s1. The molecule has 1 aliphatic heterocycles. The Labute approximate surface area is 156 Å². The van der Waals surface area contributed by atoms with Crippen LogP contribution in [0.15, 0.2) is 64.3 Å². The Balaban J connectivity index is 1.65. The molecule has 2 heterocycles. The van der Waals surface area contributed by atoms with Crippen molar-refractivity contribution < 1.29 is 12.8 Å². The number of aromatic amines is 1. The third-order valence-corrected chi connectivity index (χ3v) is 6.93. The number of hydrogen-bond donors (Lipinski definition) is 1. The van der Waals surface area contributed by atoms with Gasteiger partial charge in [-0.25, -0.2) is 12.8 Å². The molecule has 1 aliphatic rings. The second kappa shape index (κ2) is 6.90. The largest absolute Gasteiger partial charge is 0.325 e. The van der Waals surface area contributed by atoms with Crippen molar-refractivity contribution in [2.24, 2.45) is 0 Å². The molecule has 3 aromatic rings. The number of hydrogen-bond acceptors (Lipinski definition) is 3. The highest BCUT2D eigenvalue weighted by atomic mass is 32.2. The summed E-state index contributed by atoms with van der Waals surface area (Å²) < 4.78 is 40.3. The summed E-state index contributed by atoms with van der Waals surface area (Å²) in [7, 11) is -3.70. The Morgan fingerprint density at radius 3 is 2.59 bits per heavy atom. The van der Waals surface area contributed by atoms with Crippen LogP contribution in [0.4, 0.5) is 4.39 Å². The molecule has 0 saturated carbocycles. The van der Waals surface area contributed by atoms with E-state index in [4.69, 9.17) is 0 Å². The average Bonchev–Trinajstić information content (AvgIpc) is 2.68. The van der Waals surface area contributed by atoms with Gasteiger partial charge in [-0.15, -0.1) is 0 Å². The first-order valence-corrected chi connectivity index (χ1v) is 10.3. The van der Waals surface area contributed by atoms with Gasteiger partial charge in [0.25, 0.3) is 5.56 Å². The maximum atomic E-state index is 13.1. The van der Waals surface area contributed by atoms with Gasteiger partial charge in [-0.1, -0.05) is 18.2 Å². The summed E-state index contributed by atoms with van der Waals surface area (Å²) in [5.74, 6) is -0.564. The molecule has 1 N–H and O–H groups in total. The van der Waals surface area contributed by atoms with Gasteiger partial charge in [0, 0.05) is 30.1 Å². The number of nitrogens with zero attached hydrogens (tertiary/aromatic N) is 1. The van der Waals surface area contributed by atoms with Crippen molar-refractivity contribution in [2.75, 3.05) is 13.1 Å².